The molecule has 4 rings (SSSR count). The van der Waals surface area contributed by atoms with E-state index in [-0.39, 0.29) is 6.61 Å². The van der Waals surface area contributed by atoms with Crippen molar-refractivity contribution in [2.45, 2.75) is 26.3 Å². The number of aromatic nitrogens is 2. The first-order chi connectivity index (χ1) is 15.6. The third-order valence-corrected chi connectivity index (χ3v) is 5.35. The van der Waals surface area contributed by atoms with E-state index in [4.69, 9.17) is 19.2 Å². The number of imidazole rings is 1. The van der Waals surface area contributed by atoms with Crippen LogP contribution >= 0.6 is 0 Å². The lowest BCUT2D eigenvalue weighted by Gasteiger charge is -2.30. The van der Waals surface area contributed by atoms with Crippen molar-refractivity contribution in [2.75, 3.05) is 25.6 Å². The molecular weight excluding hydrogens is 406 g/mol. The second kappa shape index (κ2) is 9.18. The summed E-state index contributed by atoms with van der Waals surface area (Å²) in [5, 5.41) is 3.27. The fourth-order valence-corrected chi connectivity index (χ4v) is 3.94. The summed E-state index contributed by atoms with van der Waals surface area (Å²) in [6.45, 7) is 8.28. The van der Waals surface area contributed by atoms with Crippen molar-refractivity contribution in [1.29, 1.82) is 0 Å². The molecule has 1 atom stereocenters. The summed E-state index contributed by atoms with van der Waals surface area (Å²) in [6.07, 6.45) is 2.45. The van der Waals surface area contributed by atoms with Crippen molar-refractivity contribution in [3.8, 4) is 11.5 Å². The number of rotatable bonds is 8. The first-order valence-electron chi connectivity index (χ1n) is 10.6. The molecule has 7 nitrogen and oxygen atoms in total. The molecule has 0 unspecified atom stereocenters. The number of carbonyl (C=O) groups excluding carboxylic acids is 1. The van der Waals surface area contributed by atoms with Gasteiger partial charge >= 0.3 is 5.97 Å². The zero-order chi connectivity index (χ0) is 22.7. The van der Waals surface area contributed by atoms with E-state index in [2.05, 4.69) is 18.8 Å². The molecular formula is C25H27N3O4. The van der Waals surface area contributed by atoms with Crippen molar-refractivity contribution >= 4 is 23.0 Å². The number of fused-ring (bicyclic) bond motifs is 3. The van der Waals surface area contributed by atoms with Crippen LogP contribution in [0.1, 0.15) is 31.9 Å². The van der Waals surface area contributed by atoms with Gasteiger partial charge in [0.1, 0.15) is 6.61 Å². The van der Waals surface area contributed by atoms with Gasteiger partial charge in [0.15, 0.2) is 11.5 Å². The summed E-state index contributed by atoms with van der Waals surface area (Å²) in [5.41, 5.74) is 3.81. The zero-order valence-corrected chi connectivity index (χ0v) is 18.6. The SMILES string of the molecule is C=CCOC(=O)C1=C(C)Nc2nc3ccccc3n2[C@H]1c1ccc(OCCC)c(OC)c1. The molecule has 3 aromatic rings. The Morgan fingerprint density at radius 2 is 2.06 bits per heavy atom. The molecule has 1 aromatic heterocycles. The predicted molar refractivity (Wildman–Crippen MR) is 124 cm³/mol. The van der Waals surface area contributed by atoms with Crippen molar-refractivity contribution in [3.05, 3.63) is 72.0 Å². The number of hydrogen-bond acceptors (Lipinski definition) is 6. The lowest BCUT2D eigenvalue weighted by atomic mass is 9.94. The number of allylic oxidation sites excluding steroid dienone is 1. The van der Waals surface area contributed by atoms with E-state index < -0.39 is 12.0 Å². The molecule has 166 valence electrons. The van der Waals surface area contributed by atoms with Crippen LogP contribution in [0, 0.1) is 0 Å². The molecule has 0 radical (unpaired) electrons. The maximum Gasteiger partial charge on any atom is 0.338 e. The largest absolute Gasteiger partial charge is 0.493 e. The van der Waals surface area contributed by atoms with Crippen LogP contribution in [0.25, 0.3) is 11.0 Å². The van der Waals surface area contributed by atoms with E-state index in [1.54, 1.807) is 13.2 Å². The van der Waals surface area contributed by atoms with Crippen LogP contribution in [-0.2, 0) is 9.53 Å². The highest BCUT2D eigenvalue weighted by Crippen LogP contribution is 2.41. The second-order valence-electron chi connectivity index (χ2n) is 7.51. The molecule has 2 heterocycles. The Balaban J connectivity index is 1.89. The van der Waals surface area contributed by atoms with E-state index >= 15 is 0 Å². The summed E-state index contributed by atoms with van der Waals surface area (Å²) in [7, 11) is 1.61. The minimum Gasteiger partial charge on any atom is -0.493 e. The Morgan fingerprint density at radius 1 is 1.25 bits per heavy atom. The predicted octanol–water partition coefficient (Wildman–Crippen LogP) is 4.85. The third kappa shape index (κ3) is 3.82. The Hall–Kier alpha value is -3.74. The lowest BCUT2D eigenvalue weighted by Crippen LogP contribution is -2.29. The minimum absolute atomic E-state index is 0.132. The Bertz CT molecular complexity index is 1200. The summed E-state index contributed by atoms with van der Waals surface area (Å²) in [4.78, 5) is 17.9. The van der Waals surface area contributed by atoms with Crippen LogP contribution < -0.4 is 14.8 Å². The Morgan fingerprint density at radius 3 is 2.81 bits per heavy atom. The fourth-order valence-electron chi connectivity index (χ4n) is 3.94. The Kier molecular flexibility index (Phi) is 6.16. The van der Waals surface area contributed by atoms with Crippen LogP contribution in [-0.4, -0.2) is 35.8 Å². The molecule has 0 bridgehead atoms. The first kappa shape index (κ1) is 21.5. The van der Waals surface area contributed by atoms with E-state index in [1.807, 2.05) is 54.0 Å². The van der Waals surface area contributed by atoms with Gasteiger partial charge in [-0.1, -0.05) is 37.8 Å². The molecule has 2 aromatic carbocycles. The topological polar surface area (TPSA) is 74.6 Å². The van der Waals surface area contributed by atoms with Gasteiger partial charge in [0.2, 0.25) is 5.95 Å². The van der Waals surface area contributed by atoms with E-state index in [0.717, 1.165) is 23.0 Å². The highest BCUT2D eigenvalue weighted by atomic mass is 16.5. The molecule has 1 aliphatic heterocycles. The van der Waals surface area contributed by atoms with E-state index in [0.29, 0.717) is 35.3 Å². The van der Waals surface area contributed by atoms with Gasteiger partial charge in [0.05, 0.1) is 36.4 Å². The number of methoxy groups -OCH3 is 1. The normalized spacial score (nSPS) is 15.2. The second-order valence-corrected chi connectivity index (χ2v) is 7.51. The number of hydrogen-bond donors (Lipinski definition) is 1. The number of para-hydroxylation sites is 2. The molecule has 32 heavy (non-hydrogen) atoms. The molecule has 0 aliphatic carbocycles. The molecule has 0 saturated carbocycles. The Labute approximate surface area is 187 Å². The van der Waals surface area contributed by atoms with Crippen molar-refractivity contribution in [1.82, 2.24) is 9.55 Å². The highest BCUT2D eigenvalue weighted by molar-refractivity contribution is 5.94. The molecule has 7 heteroatoms. The number of nitrogens with one attached hydrogen (secondary N) is 1. The molecule has 1 N–H and O–H groups in total. The average Bonchev–Trinajstić information content (AvgIpc) is 3.18. The summed E-state index contributed by atoms with van der Waals surface area (Å²) >= 11 is 0. The van der Waals surface area contributed by atoms with Gasteiger partial charge in [-0.3, -0.25) is 4.57 Å². The number of anilines is 1. The number of nitrogens with zero attached hydrogens (tertiary/aromatic N) is 2. The number of benzene rings is 2. The minimum atomic E-state index is -0.454. The van der Waals surface area contributed by atoms with Crippen LogP contribution in [0.5, 0.6) is 11.5 Å². The molecule has 0 fully saturated rings. The quantitative estimate of drug-likeness (QED) is 0.404. The summed E-state index contributed by atoms with van der Waals surface area (Å²) < 4.78 is 18.9. The first-order valence-corrected chi connectivity index (χ1v) is 10.6. The number of carbonyl (C=O) groups is 1. The number of esters is 1. The van der Waals surface area contributed by atoms with Gasteiger partial charge in [0.25, 0.3) is 0 Å². The van der Waals surface area contributed by atoms with Gasteiger partial charge in [-0.2, -0.15) is 0 Å². The van der Waals surface area contributed by atoms with Gasteiger partial charge in [0, 0.05) is 5.70 Å². The molecule has 0 spiro atoms. The zero-order valence-electron chi connectivity index (χ0n) is 18.6. The van der Waals surface area contributed by atoms with E-state index in [9.17, 15) is 4.79 Å². The van der Waals surface area contributed by atoms with E-state index in [1.165, 1.54) is 0 Å². The lowest BCUT2D eigenvalue weighted by molar-refractivity contribution is -0.138. The van der Waals surface area contributed by atoms with Gasteiger partial charge in [-0.15, -0.1) is 0 Å². The van der Waals surface area contributed by atoms with Crippen LogP contribution in [0.2, 0.25) is 0 Å². The smallest absolute Gasteiger partial charge is 0.338 e. The van der Waals surface area contributed by atoms with Crippen LogP contribution in [0.3, 0.4) is 0 Å². The fraction of sp³-hybridized carbons (Fsp3) is 0.280. The maximum atomic E-state index is 13.1. The van der Waals surface area contributed by atoms with Gasteiger partial charge < -0.3 is 19.5 Å². The summed E-state index contributed by atoms with van der Waals surface area (Å²) in [6, 6.07) is 13.1. The van der Waals surface area contributed by atoms with Gasteiger partial charge in [-0.05, 0) is 43.2 Å². The maximum absolute atomic E-state index is 13.1. The highest BCUT2D eigenvalue weighted by Gasteiger charge is 2.35. The monoisotopic (exact) mass is 433 g/mol. The van der Waals surface area contributed by atoms with Crippen LogP contribution in [0.4, 0.5) is 5.95 Å². The third-order valence-electron chi connectivity index (χ3n) is 5.35. The van der Waals surface area contributed by atoms with Gasteiger partial charge in [-0.25, -0.2) is 9.78 Å². The van der Waals surface area contributed by atoms with Crippen molar-refractivity contribution in [2.24, 2.45) is 0 Å². The van der Waals surface area contributed by atoms with Crippen LogP contribution in [0.15, 0.2) is 66.4 Å². The molecule has 0 saturated heterocycles. The summed E-state index contributed by atoms with van der Waals surface area (Å²) in [5.74, 6) is 1.53. The average molecular weight is 434 g/mol. The number of ether oxygens (including phenoxy) is 3. The molecule has 1 aliphatic rings. The van der Waals surface area contributed by atoms with Crippen molar-refractivity contribution in [3.63, 3.8) is 0 Å². The molecule has 0 amide bonds. The van der Waals surface area contributed by atoms with Crippen molar-refractivity contribution < 1.29 is 19.0 Å². The standard InChI is InChI=1S/C25H27N3O4/c1-5-13-31-20-12-11-17(15-21(20)30-4)23-22(24(29)32-14-6-2)16(3)26-25-27-18-9-7-8-10-19(18)28(23)25/h6-12,15,23H,2,5,13-14H2,1,3-4H3,(H,26,27)/t23-/m0/s1.